The largest absolute Gasteiger partial charge is 0.482 e. The molecule has 1 heterocycles. The van der Waals surface area contributed by atoms with Crippen LogP contribution in [-0.2, 0) is 4.79 Å². The highest BCUT2D eigenvalue weighted by Gasteiger charge is 2.13. The molecule has 0 aliphatic rings. The van der Waals surface area contributed by atoms with Gasteiger partial charge >= 0.3 is 0 Å². The third-order valence-electron chi connectivity index (χ3n) is 4.33. The monoisotopic (exact) mass is 408 g/mol. The van der Waals surface area contributed by atoms with E-state index in [1.54, 1.807) is 23.5 Å². The van der Waals surface area contributed by atoms with Gasteiger partial charge in [-0.05, 0) is 42.8 Å². The van der Waals surface area contributed by atoms with Gasteiger partial charge in [0.25, 0.3) is 5.91 Å². The van der Waals surface area contributed by atoms with Crippen LogP contribution in [-0.4, -0.2) is 17.5 Å². The number of thiazole rings is 1. The number of nitrogens with zero attached hydrogens (tertiary/aromatic N) is 1. The lowest BCUT2D eigenvalue weighted by Crippen LogP contribution is -2.20. The first kappa shape index (κ1) is 18.5. The summed E-state index contributed by atoms with van der Waals surface area (Å²) in [7, 11) is 0. The number of hydrogen-bond donors (Lipinski definition) is 1. The Kier molecular flexibility index (Phi) is 5.28. The van der Waals surface area contributed by atoms with Crippen LogP contribution in [0.15, 0.2) is 66.7 Å². The molecule has 1 N–H and O–H groups in total. The summed E-state index contributed by atoms with van der Waals surface area (Å²) < 4.78 is 6.65. The minimum atomic E-state index is -0.246. The molecule has 0 spiro atoms. The van der Waals surface area contributed by atoms with Crippen molar-refractivity contribution < 1.29 is 9.53 Å². The second-order valence-corrected chi connectivity index (χ2v) is 7.67. The molecule has 140 valence electrons. The van der Waals surface area contributed by atoms with Crippen molar-refractivity contribution in [2.45, 2.75) is 6.92 Å². The van der Waals surface area contributed by atoms with Gasteiger partial charge in [-0.2, -0.15) is 0 Å². The van der Waals surface area contributed by atoms with Gasteiger partial charge in [-0.25, -0.2) is 4.98 Å². The van der Waals surface area contributed by atoms with Crippen molar-refractivity contribution in [3.63, 3.8) is 0 Å². The number of aromatic nitrogens is 1. The van der Waals surface area contributed by atoms with Gasteiger partial charge in [0, 0.05) is 11.3 Å². The van der Waals surface area contributed by atoms with Crippen LogP contribution in [0.5, 0.6) is 5.75 Å². The number of ether oxygens (including phenoxy) is 1. The van der Waals surface area contributed by atoms with Crippen LogP contribution in [0.1, 0.15) is 5.56 Å². The molecule has 0 aliphatic carbocycles. The molecule has 0 bridgehead atoms. The van der Waals surface area contributed by atoms with Crippen LogP contribution in [0.4, 0.5) is 5.69 Å². The maximum atomic E-state index is 12.3. The topological polar surface area (TPSA) is 51.2 Å². The Morgan fingerprint density at radius 1 is 1.07 bits per heavy atom. The Labute approximate surface area is 171 Å². The molecular weight excluding hydrogens is 392 g/mol. The predicted molar refractivity (Wildman–Crippen MR) is 115 cm³/mol. The molecule has 3 aromatic carbocycles. The average Bonchev–Trinajstić information content (AvgIpc) is 3.13. The predicted octanol–water partition coefficient (Wildman–Crippen LogP) is 5.94. The van der Waals surface area contributed by atoms with Crippen LogP contribution in [0.3, 0.4) is 0 Å². The fourth-order valence-electron chi connectivity index (χ4n) is 2.88. The van der Waals surface area contributed by atoms with Gasteiger partial charge in [-0.15, -0.1) is 11.3 Å². The molecular formula is C22H17ClN2O2S. The van der Waals surface area contributed by atoms with Gasteiger partial charge in [0.05, 0.1) is 15.2 Å². The fourth-order valence-corrected chi connectivity index (χ4v) is 4.12. The molecule has 28 heavy (non-hydrogen) atoms. The maximum absolute atomic E-state index is 12.3. The number of fused-ring (bicyclic) bond motifs is 1. The zero-order valence-corrected chi connectivity index (χ0v) is 16.7. The first-order valence-electron chi connectivity index (χ1n) is 8.74. The Morgan fingerprint density at radius 2 is 1.86 bits per heavy atom. The van der Waals surface area contributed by atoms with Crippen LogP contribution in [0.25, 0.3) is 20.8 Å². The van der Waals surface area contributed by atoms with Crippen LogP contribution in [0, 0.1) is 6.92 Å². The summed E-state index contributed by atoms with van der Waals surface area (Å²) in [4.78, 5) is 17.1. The van der Waals surface area contributed by atoms with Gasteiger partial charge in [0.1, 0.15) is 10.8 Å². The van der Waals surface area contributed by atoms with E-state index in [2.05, 4.69) is 11.4 Å². The summed E-state index contributed by atoms with van der Waals surface area (Å²) in [5.74, 6) is 0.240. The summed E-state index contributed by atoms with van der Waals surface area (Å²) >= 11 is 7.69. The second-order valence-electron chi connectivity index (χ2n) is 6.23. The van der Waals surface area contributed by atoms with E-state index in [0.717, 1.165) is 32.0 Å². The van der Waals surface area contributed by atoms with Gasteiger partial charge in [0.2, 0.25) is 0 Å². The zero-order valence-electron chi connectivity index (χ0n) is 15.1. The molecule has 1 aromatic heterocycles. The minimum absolute atomic E-state index is 0.117. The summed E-state index contributed by atoms with van der Waals surface area (Å²) in [6.07, 6.45) is 0. The number of amides is 1. The van der Waals surface area contributed by atoms with Crippen molar-refractivity contribution in [2.24, 2.45) is 0 Å². The number of rotatable bonds is 5. The molecule has 0 radical (unpaired) electrons. The quantitative estimate of drug-likeness (QED) is 0.444. The van der Waals surface area contributed by atoms with Gasteiger partial charge in [0.15, 0.2) is 6.61 Å². The van der Waals surface area contributed by atoms with Gasteiger partial charge in [-0.1, -0.05) is 48.0 Å². The first-order chi connectivity index (χ1) is 13.6. The first-order valence-corrected chi connectivity index (χ1v) is 9.94. The van der Waals surface area contributed by atoms with Crippen molar-refractivity contribution in [3.8, 4) is 16.3 Å². The third kappa shape index (κ3) is 3.86. The SMILES string of the molecule is Cc1c(NC(=O)COc2ccccc2Cl)cccc1-c1nc2ccccc2s1. The molecule has 6 heteroatoms. The van der Waals surface area contributed by atoms with Crippen LogP contribution >= 0.6 is 22.9 Å². The van der Waals surface area contributed by atoms with Gasteiger partial charge in [-0.3, -0.25) is 4.79 Å². The minimum Gasteiger partial charge on any atom is -0.482 e. The number of nitrogens with one attached hydrogen (secondary N) is 1. The van der Waals surface area contributed by atoms with E-state index >= 15 is 0 Å². The second kappa shape index (κ2) is 8.00. The van der Waals surface area contributed by atoms with E-state index in [0.29, 0.717) is 10.8 Å². The van der Waals surface area contributed by atoms with E-state index < -0.39 is 0 Å². The number of benzene rings is 3. The Hall–Kier alpha value is -2.89. The standard InChI is InChI=1S/C22H17ClN2O2S/c1-14-15(22-25-18-9-3-5-12-20(18)28-22)7-6-10-17(14)24-21(26)13-27-19-11-4-2-8-16(19)23/h2-12H,13H2,1H3,(H,24,26). The normalized spacial score (nSPS) is 10.8. The molecule has 0 saturated carbocycles. The van der Waals surface area contributed by atoms with E-state index in [4.69, 9.17) is 21.3 Å². The van der Waals surface area contributed by atoms with Crippen molar-refractivity contribution in [2.75, 3.05) is 11.9 Å². The summed E-state index contributed by atoms with van der Waals surface area (Å²) in [5.41, 5.74) is 3.69. The lowest BCUT2D eigenvalue weighted by atomic mass is 10.1. The molecule has 0 fully saturated rings. The number of anilines is 1. The summed E-state index contributed by atoms with van der Waals surface area (Å²) in [6.45, 7) is 1.86. The zero-order chi connectivity index (χ0) is 19.5. The lowest BCUT2D eigenvalue weighted by Gasteiger charge is -2.12. The Morgan fingerprint density at radius 3 is 2.68 bits per heavy atom. The summed E-state index contributed by atoms with van der Waals surface area (Å²) in [5, 5.41) is 4.32. The van der Waals surface area contributed by atoms with Crippen molar-refractivity contribution in [1.82, 2.24) is 4.98 Å². The lowest BCUT2D eigenvalue weighted by molar-refractivity contribution is -0.118. The molecule has 4 nitrogen and oxygen atoms in total. The molecule has 0 unspecified atom stereocenters. The van der Waals surface area contributed by atoms with Crippen molar-refractivity contribution in [1.29, 1.82) is 0 Å². The van der Waals surface area contributed by atoms with E-state index in [1.807, 2.05) is 55.5 Å². The molecule has 0 aliphatic heterocycles. The van der Waals surface area contributed by atoms with Crippen molar-refractivity contribution >= 4 is 44.7 Å². The molecule has 4 rings (SSSR count). The van der Waals surface area contributed by atoms with Crippen LogP contribution in [0.2, 0.25) is 5.02 Å². The molecule has 1 amide bonds. The number of para-hydroxylation sites is 2. The van der Waals surface area contributed by atoms with E-state index in [-0.39, 0.29) is 12.5 Å². The average molecular weight is 409 g/mol. The highest BCUT2D eigenvalue weighted by molar-refractivity contribution is 7.21. The number of carbonyl (C=O) groups is 1. The molecule has 0 atom stereocenters. The van der Waals surface area contributed by atoms with Crippen molar-refractivity contribution in [3.05, 3.63) is 77.3 Å². The fraction of sp³-hybridized carbons (Fsp3) is 0.0909. The number of hydrogen-bond acceptors (Lipinski definition) is 4. The highest BCUT2D eigenvalue weighted by atomic mass is 35.5. The smallest absolute Gasteiger partial charge is 0.262 e. The highest BCUT2D eigenvalue weighted by Crippen LogP contribution is 2.34. The molecule has 4 aromatic rings. The third-order valence-corrected chi connectivity index (χ3v) is 5.71. The Bertz CT molecular complexity index is 1120. The Balaban J connectivity index is 1.52. The number of halogens is 1. The summed E-state index contributed by atoms with van der Waals surface area (Å²) in [6, 6.07) is 20.9. The maximum Gasteiger partial charge on any atom is 0.262 e. The van der Waals surface area contributed by atoms with E-state index in [1.165, 1.54) is 0 Å². The van der Waals surface area contributed by atoms with Crippen LogP contribution < -0.4 is 10.1 Å². The van der Waals surface area contributed by atoms with E-state index in [9.17, 15) is 4.79 Å². The van der Waals surface area contributed by atoms with Gasteiger partial charge < -0.3 is 10.1 Å². The number of carbonyl (C=O) groups excluding carboxylic acids is 1. The molecule has 0 saturated heterocycles.